The standard InChI is InChI=1S/C15H25BrN2O2S/c1-10-6-12(8-17)7-13(14(10)16)21(19,20)18-9-11(2)15(3,4)5/h6-7,11,18H,8-9,17H2,1-5H3. The van der Waals surface area contributed by atoms with Crippen molar-refractivity contribution in [3.8, 4) is 0 Å². The minimum absolute atomic E-state index is 0.0504. The fourth-order valence-electron chi connectivity index (χ4n) is 1.74. The van der Waals surface area contributed by atoms with Gasteiger partial charge in [-0.2, -0.15) is 0 Å². The fraction of sp³-hybridized carbons (Fsp3) is 0.600. The van der Waals surface area contributed by atoms with Gasteiger partial charge in [0.05, 0.1) is 4.90 Å². The van der Waals surface area contributed by atoms with E-state index in [0.29, 0.717) is 17.6 Å². The number of rotatable bonds is 5. The van der Waals surface area contributed by atoms with Crippen molar-refractivity contribution >= 4 is 26.0 Å². The Balaban J connectivity index is 3.06. The van der Waals surface area contributed by atoms with Crippen LogP contribution in [0.15, 0.2) is 21.5 Å². The lowest BCUT2D eigenvalue weighted by atomic mass is 9.82. The van der Waals surface area contributed by atoms with Gasteiger partial charge in [-0.1, -0.05) is 33.8 Å². The molecule has 1 unspecified atom stereocenters. The van der Waals surface area contributed by atoms with Crippen molar-refractivity contribution in [3.63, 3.8) is 0 Å². The van der Waals surface area contributed by atoms with Gasteiger partial charge in [-0.25, -0.2) is 13.1 Å². The molecule has 1 atom stereocenters. The molecular weight excluding hydrogens is 352 g/mol. The summed E-state index contributed by atoms with van der Waals surface area (Å²) in [5.41, 5.74) is 7.35. The zero-order chi connectivity index (χ0) is 16.4. The molecule has 0 radical (unpaired) electrons. The van der Waals surface area contributed by atoms with Crippen LogP contribution in [0.1, 0.15) is 38.8 Å². The molecule has 0 aliphatic heterocycles. The van der Waals surface area contributed by atoms with Crippen molar-refractivity contribution in [1.29, 1.82) is 0 Å². The first kappa shape index (κ1) is 18.6. The Hall–Kier alpha value is -0.430. The molecule has 0 heterocycles. The fourth-order valence-corrected chi connectivity index (χ4v) is 3.94. The van der Waals surface area contributed by atoms with Gasteiger partial charge in [0.15, 0.2) is 0 Å². The van der Waals surface area contributed by atoms with E-state index in [2.05, 4.69) is 41.4 Å². The van der Waals surface area contributed by atoms with Gasteiger partial charge in [-0.15, -0.1) is 0 Å². The Labute approximate surface area is 136 Å². The van der Waals surface area contributed by atoms with E-state index in [-0.39, 0.29) is 16.2 Å². The second kappa shape index (κ2) is 6.77. The molecule has 0 fully saturated rings. The molecule has 0 aromatic heterocycles. The Morgan fingerprint density at radius 3 is 2.38 bits per heavy atom. The highest BCUT2D eigenvalue weighted by molar-refractivity contribution is 9.10. The summed E-state index contributed by atoms with van der Waals surface area (Å²) in [5, 5.41) is 0. The monoisotopic (exact) mass is 376 g/mol. The molecular formula is C15H25BrN2O2S. The number of nitrogens with one attached hydrogen (secondary N) is 1. The van der Waals surface area contributed by atoms with Crippen molar-refractivity contribution in [2.45, 2.75) is 46.1 Å². The zero-order valence-electron chi connectivity index (χ0n) is 13.3. The van der Waals surface area contributed by atoms with E-state index in [9.17, 15) is 8.42 Å². The first-order chi connectivity index (χ1) is 9.49. The van der Waals surface area contributed by atoms with Crippen LogP contribution < -0.4 is 10.5 Å². The highest BCUT2D eigenvalue weighted by Gasteiger charge is 2.24. The van der Waals surface area contributed by atoms with Gasteiger partial charge in [-0.05, 0) is 51.4 Å². The minimum atomic E-state index is -3.55. The number of hydrogen-bond donors (Lipinski definition) is 2. The van der Waals surface area contributed by atoms with E-state index < -0.39 is 10.0 Å². The predicted octanol–water partition coefficient (Wildman–Crippen LogP) is 3.18. The average Bonchev–Trinajstić information content (AvgIpc) is 2.37. The molecule has 0 saturated heterocycles. The second-order valence-corrected chi connectivity index (χ2v) is 9.08. The predicted molar refractivity (Wildman–Crippen MR) is 90.6 cm³/mol. The maximum Gasteiger partial charge on any atom is 0.241 e. The molecule has 0 aliphatic rings. The third kappa shape index (κ3) is 4.77. The van der Waals surface area contributed by atoms with E-state index in [1.807, 2.05) is 19.9 Å². The summed E-state index contributed by atoms with van der Waals surface area (Å²) in [5.74, 6) is 0.227. The average molecular weight is 377 g/mol. The van der Waals surface area contributed by atoms with Crippen LogP contribution >= 0.6 is 15.9 Å². The summed E-state index contributed by atoms with van der Waals surface area (Å²) in [6.07, 6.45) is 0. The zero-order valence-corrected chi connectivity index (χ0v) is 15.7. The van der Waals surface area contributed by atoms with Crippen LogP contribution in [0.5, 0.6) is 0 Å². The van der Waals surface area contributed by atoms with Gasteiger partial charge >= 0.3 is 0 Å². The maximum atomic E-state index is 12.5. The summed E-state index contributed by atoms with van der Waals surface area (Å²) in [7, 11) is -3.55. The van der Waals surface area contributed by atoms with Crippen molar-refractivity contribution in [1.82, 2.24) is 4.72 Å². The number of sulfonamides is 1. The number of halogens is 1. The van der Waals surface area contributed by atoms with Crippen LogP contribution in [0, 0.1) is 18.3 Å². The third-order valence-corrected chi connectivity index (χ3v) is 6.63. The molecule has 3 N–H and O–H groups in total. The normalized spacial score (nSPS) is 14.2. The van der Waals surface area contributed by atoms with Gasteiger partial charge < -0.3 is 5.73 Å². The summed E-state index contributed by atoms with van der Waals surface area (Å²) < 4.78 is 28.3. The first-order valence-electron chi connectivity index (χ1n) is 6.97. The Bertz CT molecular complexity index is 607. The van der Waals surface area contributed by atoms with Crippen LogP contribution in [-0.2, 0) is 16.6 Å². The third-order valence-electron chi connectivity index (χ3n) is 3.86. The van der Waals surface area contributed by atoms with Crippen LogP contribution in [-0.4, -0.2) is 15.0 Å². The van der Waals surface area contributed by atoms with Gasteiger partial charge in [0.1, 0.15) is 0 Å². The van der Waals surface area contributed by atoms with Crippen LogP contribution in [0.4, 0.5) is 0 Å². The molecule has 4 nitrogen and oxygen atoms in total. The van der Waals surface area contributed by atoms with Crippen molar-refractivity contribution in [2.24, 2.45) is 17.1 Å². The Morgan fingerprint density at radius 2 is 1.90 bits per heavy atom. The van der Waals surface area contributed by atoms with Gasteiger partial charge in [0.25, 0.3) is 0 Å². The van der Waals surface area contributed by atoms with E-state index in [4.69, 9.17) is 5.73 Å². The van der Waals surface area contributed by atoms with E-state index in [1.165, 1.54) is 0 Å². The number of benzene rings is 1. The largest absolute Gasteiger partial charge is 0.326 e. The van der Waals surface area contributed by atoms with Crippen LogP contribution in [0.2, 0.25) is 0 Å². The number of nitrogens with two attached hydrogens (primary N) is 1. The van der Waals surface area contributed by atoms with Gasteiger partial charge in [0.2, 0.25) is 10.0 Å². The molecule has 0 bridgehead atoms. The minimum Gasteiger partial charge on any atom is -0.326 e. The second-order valence-electron chi connectivity index (χ2n) is 6.55. The highest BCUT2D eigenvalue weighted by atomic mass is 79.9. The highest BCUT2D eigenvalue weighted by Crippen LogP contribution is 2.28. The summed E-state index contributed by atoms with van der Waals surface area (Å²) in [6, 6.07) is 3.52. The summed E-state index contributed by atoms with van der Waals surface area (Å²) in [6.45, 7) is 10.9. The van der Waals surface area contributed by atoms with Crippen molar-refractivity contribution in [2.75, 3.05) is 6.54 Å². The van der Waals surface area contributed by atoms with E-state index in [0.717, 1.165) is 11.1 Å². The molecule has 1 rings (SSSR count). The van der Waals surface area contributed by atoms with Gasteiger partial charge in [-0.3, -0.25) is 0 Å². The molecule has 0 amide bonds. The lowest BCUT2D eigenvalue weighted by molar-refractivity contribution is 0.263. The lowest BCUT2D eigenvalue weighted by Gasteiger charge is -2.27. The van der Waals surface area contributed by atoms with Crippen LogP contribution in [0.25, 0.3) is 0 Å². The molecule has 120 valence electrons. The quantitative estimate of drug-likeness (QED) is 0.828. The van der Waals surface area contributed by atoms with E-state index in [1.54, 1.807) is 6.07 Å². The van der Waals surface area contributed by atoms with Crippen molar-refractivity contribution < 1.29 is 8.42 Å². The first-order valence-corrected chi connectivity index (χ1v) is 9.25. The topological polar surface area (TPSA) is 72.2 Å². The molecule has 1 aromatic carbocycles. The molecule has 0 aliphatic carbocycles. The number of hydrogen-bond acceptors (Lipinski definition) is 3. The smallest absolute Gasteiger partial charge is 0.241 e. The van der Waals surface area contributed by atoms with Crippen molar-refractivity contribution in [3.05, 3.63) is 27.7 Å². The number of aryl methyl sites for hydroxylation is 1. The maximum absolute atomic E-state index is 12.5. The lowest BCUT2D eigenvalue weighted by Crippen LogP contribution is -2.34. The summed E-state index contributed by atoms with van der Waals surface area (Å²) in [4.78, 5) is 0.254. The summed E-state index contributed by atoms with van der Waals surface area (Å²) >= 11 is 3.37. The van der Waals surface area contributed by atoms with Gasteiger partial charge in [0, 0.05) is 17.6 Å². The van der Waals surface area contributed by atoms with Crippen LogP contribution in [0.3, 0.4) is 0 Å². The van der Waals surface area contributed by atoms with E-state index >= 15 is 0 Å². The SMILES string of the molecule is Cc1cc(CN)cc(S(=O)(=O)NCC(C)C(C)(C)C)c1Br. The molecule has 21 heavy (non-hydrogen) atoms. The Morgan fingerprint density at radius 1 is 1.33 bits per heavy atom. The molecule has 0 spiro atoms. The molecule has 1 aromatic rings. The molecule has 0 saturated carbocycles. The Kier molecular flexibility index (Phi) is 6.00. The molecule has 6 heteroatoms.